The molecule has 6 heteroatoms. The number of carbonyl (C=O) groups is 3. The predicted molar refractivity (Wildman–Crippen MR) is 152 cm³/mol. The highest BCUT2D eigenvalue weighted by Crippen LogP contribution is 2.75. The van der Waals surface area contributed by atoms with E-state index in [9.17, 15) is 19.6 Å². The van der Waals surface area contributed by atoms with E-state index >= 15 is 0 Å². The zero-order valence-corrected chi connectivity index (χ0v) is 25.9. The molecule has 0 aliphatic heterocycles. The van der Waals surface area contributed by atoms with E-state index in [1.807, 2.05) is 13.0 Å². The maximum Gasteiger partial charge on any atom is 0.251 e. The summed E-state index contributed by atoms with van der Waals surface area (Å²) >= 11 is 0. The Kier molecular flexibility index (Phi) is 6.40. The zero-order valence-electron chi connectivity index (χ0n) is 25.9. The third-order valence-electron chi connectivity index (χ3n) is 13.8. The van der Waals surface area contributed by atoms with Gasteiger partial charge in [-0.25, -0.2) is 5.06 Å². The Morgan fingerprint density at radius 3 is 2.21 bits per heavy atom. The van der Waals surface area contributed by atoms with E-state index in [0.717, 1.165) is 56.4 Å². The first-order chi connectivity index (χ1) is 17.9. The summed E-state index contributed by atoms with van der Waals surface area (Å²) in [6, 6.07) is 0.135. The molecule has 5 rings (SSSR count). The molecule has 0 heterocycles. The summed E-state index contributed by atoms with van der Waals surface area (Å²) < 4.78 is 0. The highest BCUT2D eigenvalue weighted by molar-refractivity contribution is 5.95. The third kappa shape index (κ3) is 3.78. The maximum absolute atomic E-state index is 14.5. The van der Waals surface area contributed by atoms with Gasteiger partial charge in [0.05, 0.1) is 0 Å². The van der Waals surface area contributed by atoms with E-state index in [2.05, 4.69) is 46.9 Å². The molecule has 6 nitrogen and oxygen atoms in total. The summed E-state index contributed by atoms with van der Waals surface area (Å²) in [6.07, 6.45) is 10.6. The van der Waals surface area contributed by atoms with Crippen LogP contribution in [0.25, 0.3) is 0 Å². The van der Waals surface area contributed by atoms with Gasteiger partial charge in [0.15, 0.2) is 5.78 Å². The molecule has 2 N–H and O–H groups in total. The Labute approximate surface area is 235 Å². The summed E-state index contributed by atoms with van der Waals surface area (Å²) in [5, 5.41) is 14.1. The van der Waals surface area contributed by atoms with Gasteiger partial charge < -0.3 is 5.32 Å². The fraction of sp³-hybridized carbons (Fsp3) is 0.848. The van der Waals surface area contributed by atoms with Crippen LogP contribution in [0.2, 0.25) is 0 Å². The average molecular weight is 541 g/mol. The highest BCUT2D eigenvalue weighted by atomic mass is 16.5. The lowest BCUT2D eigenvalue weighted by molar-refractivity contribution is -0.191. The number of ketones is 1. The second-order valence-corrected chi connectivity index (χ2v) is 16.2. The van der Waals surface area contributed by atoms with Crippen molar-refractivity contribution in [2.75, 3.05) is 7.05 Å². The van der Waals surface area contributed by atoms with Gasteiger partial charge in [-0.05, 0) is 103 Å². The summed E-state index contributed by atoms with van der Waals surface area (Å²) in [6.45, 7) is 17.8. The van der Waals surface area contributed by atoms with Crippen LogP contribution < -0.4 is 5.32 Å². The quantitative estimate of drug-likeness (QED) is 0.317. The monoisotopic (exact) mass is 540 g/mol. The van der Waals surface area contributed by atoms with E-state index in [0.29, 0.717) is 12.3 Å². The molecule has 218 valence electrons. The third-order valence-corrected chi connectivity index (χ3v) is 13.8. The van der Waals surface area contributed by atoms with Gasteiger partial charge in [0.1, 0.15) is 0 Å². The second kappa shape index (κ2) is 8.66. The van der Waals surface area contributed by atoms with Gasteiger partial charge in [0.2, 0.25) is 5.91 Å². The molecule has 0 radical (unpaired) electrons. The lowest BCUT2D eigenvalue weighted by Crippen LogP contribution is -2.67. The van der Waals surface area contributed by atoms with Gasteiger partial charge in [0, 0.05) is 31.3 Å². The summed E-state index contributed by atoms with van der Waals surface area (Å²) in [4.78, 5) is 39.6. The van der Waals surface area contributed by atoms with Gasteiger partial charge in [-0.1, -0.05) is 54.0 Å². The maximum atomic E-state index is 14.5. The van der Waals surface area contributed by atoms with Crippen molar-refractivity contribution in [2.24, 2.45) is 50.2 Å². The Morgan fingerprint density at radius 1 is 0.949 bits per heavy atom. The molecule has 4 saturated carbocycles. The number of amides is 2. The molecular weight excluding hydrogens is 488 g/mol. The van der Waals surface area contributed by atoms with Crippen molar-refractivity contribution in [3.8, 4) is 0 Å². The highest BCUT2D eigenvalue weighted by Gasteiger charge is 2.70. The fourth-order valence-electron chi connectivity index (χ4n) is 11.3. The largest absolute Gasteiger partial charge is 0.353 e. The Balaban J connectivity index is 1.57. The van der Waals surface area contributed by atoms with Crippen LogP contribution in [0.15, 0.2) is 11.6 Å². The summed E-state index contributed by atoms with van der Waals surface area (Å²) in [7, 11) is 1.43. The normalized spacial score (nSPS) is 48.5. The van der Waals surface area contributed by atoms with Crippen molar-refractivity contribution in [3.63, 3.8) is 0 Å². The van der Waals surface area contributed by atoms with E-state index in [4.69, 9.17) is 0 Å². The smallest absolute Gasteiger partial charge is 0.251 e. The summed E-state index contributed by atoms with van der Waals surface area (Å²) in [5.41, 5.74) is 0.278. The molecule has 0 spiro atoms. The van der Waals surface area contributed by atoms with E-state index in [1.54, 1.807) is 6.92 Å². The number of hydrogen-bond donors (Lipinski definition) is 2. The van der Waals surface area contributed by atoms with Crippen LogP contribution in [0.4, 0.5) is 0 Å². The van der Waals surface area contributed by atoms with Crippen molar-refractivity contribution >= 4 is 17.6 Å². The van der Waals surface area contributed by atoms with Crippen LogP contribution in [0.3, 0.4) is 0 Å². The topological polar surface area (TPSA) is 86.7 Å². The van der Waals surface area contributed by atoms with Crippen LogP contribution in [-0.2, 0) is 14.4 Å². The molecule has 4 fully saturated rings. The SMILES string of the molecule is CC(=O)N[C@H]1CC[C@@]2(C)C(CC[C@]3(C)[C@@H]2C(=O)C=C2[C@H]4C[C@@](C)(C(=O)N(C)O)CC[C@]4(C)CC[C@]23C)C1(C)C. The molecule has 5 aliphatic carbocycles. The molecule has 1 unspecified atom stereocenters. The number of hydroxylamine groups is 2. The lowest BCUT2D eigenvalue weighted by atomic mass is 9.33. The number of allylic oxidation sites excluding steroid dienone is 2. The molecule has 0 bridgehead atoms. The molecule has 0 aromatic carbocycles. The first-order valence-corrected chi connectivity index (χ1v) is 15.4. The van der Waals surface area contributed by atoms with Gasteiger partial charge >= 0.3 is 0 Å². The van der Waals surface area contributed by atoms with Crippen LogP contribution >= 0.6 is 0 Å². The van der Waals surface area contributed by atoms with Gasteiger partial charge in [-0.2, -0.15) is 0 Å². The number of rotatable bonds is 2. The number of fused-ring (bicyclic) bond motifs is 7. The van der Waals surface area contributed by atoms with Crippen molar-refractivity contribution in [2.45, 2.75) is 119 Å². The molecule has 9 atom stereocenters. The second-order valence-electron chi connectivity index (χ2n) is 16.2. The number of nitrogens with one attached hydrogen (secondary N) is 1. The van der Waals surface area contributed by atoms with Crippen LogP contribution in [-0.4, -0.2) is 41.0 Å². The van der Waals surface area contributed by atoms with Gasteiger partial charge in [0.25, 0.3) is 5.91 Å². The molecule has 5 aliphatic rings. The Hall–Kier alpha value is -1.69. The first kappa shape index (κ1) is 28.8. The number of hydrogen-bond acceptors (Lipinski definition) is 4. The fourth-order valence-corrected chi connectivity index (χ4v) is 11.3. The van der Waals surface area contributed by atoms with Crippen LogP contribution in [0, 0.1) is 50.2 Å². The predicted octanol–water partition coefficient (Wildman–Crippen LogP) is 6.32. The van der Waals surface area contributed by atoms with Crippen molar-refractivity contribution < 1.29 is 19.6 Å². The molecule has 0 aromatic rings. The van der Waals surface area contributed by atoms with E-state index < -0.39 is 5.41 Å². The lowest BCUT2D eigenvalue weighted by Gasteiger charge is -2.70. The number of carbonyl (C=O) groups excluding carboxylic acids is 3. The Morgan fingerprint density at radius 2 is 1.59 bits per heavy atom. The van der Waals surface area contributed by atoms with Crippen LogP contribution in [0.1, 0.15) is 113 Å². The minimum atomic E-state index is -0.622. The summed E-state index contributed by atoms with van der Waals surface area (Å²) in [5.74, 6) is 0.586. The van der Waals surface area contributed by atoms with E-state index in [-0.39, 0.29) is 62.6 Å². The van der Waals surface area contributed by atoms with Gasteiger partial charge in [-0.3, -0.25) is 19.6 Å². The molecule has 39 heavy (non-hydrogen) atoms. The zero-order chi connectivity index (χ0) is 29.0. The van der Waals surface area contributed by atoms with Crippen molar-refractivity contribution in [1.29, 1.82) is 0 Å². The van der Waals surface area contributed by atoms with Crippen molar-refractivity contribution in [3.05, 3.63) is 11.6 Å². The molecule has 2 amide bonds. The van der Waals surface area contributed by atoms with E-state index in [1.165, 1.54) is 12.6 Å². The molecule has 0 saturated heterocycles. The van der Waals surface area contributed by atoms with Crippen LogP contribution in [0.5, 0.6) is 0 Å². The molecule has 0 aromatic heterocycles. The van der Waals surface area contributed by atoms with Crippen molar-refractivity contribution in [1.82, 2.24) is 10.4 Å². The standard InChI is InChI=1S/C33H52N2O4/c1-20(36)34-25-11-12-31(6)24(28(25,2)3)10-13-33(8)26(31)23(37)18-21-22-19-30(5,27(38)35(9)39)15-14-29(22,4)16-17-32(21,33)7/h18,22,24-26,39H,10-17,19H2,1-9H3,(H,34,36)/t22-,24?,25+,26-,29-,30+,31+,32-,33-/m1/s1. The minimum absolute atomic E-state index is 0.0294. The van der Waals surface area contributed by atoms with Gasteiger partial charge in [-0.15, -0.1) is 0 Å². The number of nitrogens with zero attached hydrogens (tertiary/aromatic N) is 1. The average Bonchev–Trinajstić information content (AvgIpc) is 2.82. The minimum Gasteiger partial charge on any atom is -0.353 e. The Bertz CT molecular complexity index is 1130. The molecular formula is C33H52N2O4. The first-order valence-electron chi connectivity index (χ1n) is 15.4.